The first-order chi connectivity index (χ1) is 10.0. The van der Waals surface area contributed by atoms with Crippen LogP contribution in [-0.2, 0) is 6.54 Å². The fraction of sp³-hybridized carbons (Fsp3) is 0.667. The second kappa shape index (κ2) is 6.80. The maximum Gasteiger partial charge on any atom is 0.118 e. The van der Waals surface area contributed by atoms with Gasteiger partial charge in [0.15, 0.2) is 0 Å². The molecule has 3 atom stereocenters. The Hall–Kier alpha value is -1.06. The molecule has 2 N–H and O–H groups in total. The van der Waals surface area contributed by atoms with E-state index in [0.29, 0.717) is 5.92 Å². The summed E-state index contributed by atoms with van der Waals surface area (Å²) < 4.78 is 5.23. The van der Waals surface area contributed by atoms with Crippen molar-refractivity contribution in [2.75, 3.05) is 20.7 Å². The number of hydrogen-bond acceptors (Lipinski definition) is 3. The van der Waals surface area contributed by atoms with Gasteiger partial charge in [0.25, 0.3) is 0 Å². The van der Waals surface area contributed by atoms with Crippen LogP contribution in [0.4, 0.5) is 0 Å². The van der Waals surface area contributed by atoms with Gasteiger partial charge in [-0.3, -0.25) is 4.90 Å². The number of ether oxygens (including phenoxy) is 1. The van der Waals surface area contributed by atoms with Gasteiger partial charge in [-0.15, -0.1) is 0 Å². The van der Waals surface area contributed by atoms with Crippen LogP contribution >= 0.6 is 0 Å². The van der Waals surface area contributed by atoms with Gasteiger partial charge in [-0.1, -0.05) is 26.0 Å². The molecule has 0 heterocycles. The summed E-state index contributed by atoms with van der Waals surface area (Å²) in [6.07, 6.45) is 3.77. The van der Waals surface area contributed by atoms with E-state index in [4.69, 9.17) is 10.5 Å². The highest BCUT2D eigenvalue weighted by Gasteiger charge is 2.42. The molecule has 21 heavy (non-hydrogen) atoms. The number of hydrogen-bond donors (Lipinski definition) is 1. The van der Waals surface area contributed by atoms with Gasteiger partial charge in [0.1, 0.15) is 5.75 Å². The highest BCUT2D eigenvalue weighted by atomic mass is 16.5. The molecule has 3 nitrogen and oxygen atoms in total. The van der Waals surface area contributed by atoms with Crippen LogP contribution in [0.25, 0.3) is 0 Å². The fourth-order valence-electron chi connectivity index (χ4n) is 3.87. The summed E-state index contributed by atoms with van der Waals surface area (Å²) in [5.41, 5.74) is 7.67. The molecule has 3 heteroatoms. The topological polar surface area (TPSA) is 38.5 Å². The van der Waals surface area contributed by atoms with E-state index < -0.39 is 0 Å². The van der Waals surface area contributed by atoms with Crippen LogP contribution in [0, 0.1) is 11.8 Å². The van der Waals surface area contributed by atoms with Crippen molar-refractivity contribution in [3.05, 3.63) is 29.8 Å². The average Bonchev–Trinajstić information content (AvgIpc) is 2.48. The van der Waals surface area contributed by atoms with Crippen molar-refractivity contribution < 1.29 is 4.74 Å². The van der Waals surface area contributed by atoms with Crippen molar-refractivity contribution >= 4 is 0 Å². The lowest BCUT2D eigenvalue weighted by Crippen LogP contribution is -2.58. The van der Waals surface area contributed by atoms with E-state index in [0.717, 1.165) is 24.8 Å². The summed E-state index contributed by atoms with van der Waals surface area (Å²) in [4.78, 5) is 2.48. The maximum absolute atomic E-state index is 6.21. The van der Waals surface area contributed by atoms with E-state index in [1.165, 1.54) is 24.8 Å². The fourth-order valence-corrected chi connectivity index (χ4v) is 3.87. The molecule has 1 aromatic carbocycles. The summed E-state index contributed by atoms with van der Waals surface area (Å²) >= 11 is 0. The molecule has 1 saturated carbocycles. The second-order valence-electron chi connectivity index (χ2n) is 6.79. The molecule has 2 rings (SSSR count). The van der Waals surface area contributed by atoms with Gasteiger partial charge in [-0.25, -0.2) is 0 Å². The minimum Gasteiger partial charge on any atom is -0.497 e. The number of likely N-dealkylation sites (N-methyl/N-ethyl adjacent to an activating group) is 1. The van der Waals surface area contributed by atoms with Crippen molar-refractivity contribution in [2.45, 2.75) is 45.2 Å². The molecule has 0 bridgehead atoms. The van der Waals surface area contributed by atoms with Crippen molar-refractivity contribution in [1.82, 2.24) is 4.90 Å². The van der Waals surface area contributed by atoms with Crippen LogP contribution in [0.5, 0.6) is 5.75 Å². The van der Waals surface area contributed by atoms with Gasteiger partial charge in [-0.05, 0) is 55.8 Å². The Balaban J connectivity index is 2.10. The van der Waals surface area contributed by atoms with Crippen LogP contribution in [0.1, 0.15) is 38.7 Å². The summed E-state index contributed by atoms with van der Waals surface area (Å²) in [6, 6.07) is 8.36. The first-order valence-corrected chi connectivity index (χ1v) is 8.06. The van der Waals surface area contributed by atoms with Gasteiger partial charge >= 0.3 is 0 Å². The Kier molecular flexibility index (Phi) is 5.28. The Morgan fingerprint density at radius 2 is 1.95 bits per heavy atom. The van der Waals surface area contributed by atoms with E-state index in [2.05, 4.69) is 37.9 Å². The number of methoxy groups -OCH3 is 1. The average molecular weight is 290 g/mol. The largest absolute Gasteiger partial charge is 0.497 e. The van der Waals surface area contributed by atoms with E-state index in [1.54, 1.807) is 7.11 Å². The lowest BCUT2D eigenvalue weighted by molar-refractivity contribution is 0.0128. The summed E-state index contributed by atoms with van der Waals surface area (Å²) in [7, 11) is 3.93. The highest BCUT2D eigenvalue weighted by molar-refractivity contribution is 5.27. The third kappa shape index (κ3) is 3.41. The van der Waals surface area contributed by atoms with Crippen molar-refractivity contribution in [1.29, 1.82) is 0 Å². The molecular formula is C18H30N2O. The van der Waals surface area contributed by atoms with Gasteiger partial charge in [0.2, 0.25) is 0 Å². The van der Waals surface area contributed by atoms with Crippen molar-refractivity contribution in [3.8, 4) is 5.75 Å². The third-order valence-corrected chi connectivity index (χ3v) is 5.44. The SMILES string of the molecule is COc1ccc(CN(C)C2(CN)CCC(C)CC2C)cc1. The normalized spacial score (nSPS) is 29.6. The van der Waals surface area contributed by atoms with Crippen LogP contribution in [-0.4, -0.2) is 31.1 Å². The van der Waals surface area contributed by atoms with Crippen molar-refractivity contribution in [3.63, 3.8) is 0 Å². The molecule has 118 valence electrons. The second-order valence-corrected chi connectivity index (χ2v) is 6.79. The molecule has 1 fully saturated rings. The van der Waals surface area contributed by atoms with Gasteiger partial charge in [0.05, 0.1) is 7.11 Å². The van der Waals surface area contributed by atoms with Gasteiger partial charge in [-0.2, -0.15) is 0 Å². The molecule has 3 unspecified atom stereocenters. The van der Waals surface area contributed by atoms with E-state index in [-0.39, 0.29) is 5.54 Å². The Bertz CT molecular complexity index is 445. The zero-order valence-corrected chi connectivity index (χ0v) is 13.9. The molecule has 1 aromatic rings. The molecule has 0 amide bonds. The molecule has 0 saturated heterocycles. The van der Waals surface area contributed by atoms with E-state index in [1.807, 2.05) is 12.1 Å². The molecular weight excluding hydrogens is 260 g/mol. The Morgan fingerprint density at radius 1 is 1.29 bits per heavy atom. The summed E-state index contributed by atoms with van der Waals surface area (Å²) in [5.74, 6) is 2.39. The quantitative estimate of drug-likeness (QED) is 0.904. The first kappa shape index (κ1) is 16.3. The van der Waals surface area contributed by atoms with Crippen LogP contribution < -0.4 is 10.5 Å². The predicted octanol–water partition coefficient (Wildman–Crippen LogP) is 3.28. The Labute approximate surface area is 129 Å². The maximum atomic E-state index is 6.21. The van der Waals surface area contributed by atoms with Crippen LogP contribution in [0.2, 0.25) is 0 Å². The lowest BCUT2D eigenvalue weighted by Gasteiger charge is -2.50. The minimum atomic E-state index is 0.145. The highest BCUT2D eigenvalue weighted by Crippen LogP contribution is 2.40. The van der Waals surface area contributed by atoms with Gasteiger partial charge in [0, 0.05) is 18.6 Å². The number of rotatable bonds is 5. The molecule has 1 aliphatic carbocycles. The van der Waals surface area contributed by atoms with Crippen LogP contribution in [0.3, 0.4) is 0 Å². The van der Waals surface area contributed by atoms with Crippen LogP contribution in [0.15, 0.2) is 24.3 Å². The zero-order valence-electron chi connectivity index (χ0n) is 13.9. The monoisotopic (exact) mass is 290 g/mol. The molecule has 0 aromatic heterocycles. The molecule has 0 radical (unpaired) electrons. The van der Waals surface area contributed by atoms with E-state index in [9.17, 15) is 0 Å². The number of benzene rings is 1. The predicted molar refractivity (Wildman–Crippen MR) is 88.4 cm³/mol. The summed E-state index contributed by atoms with van der Waals surface area (Å²) in [5, 5.41) is 0. The molecule has 0 aliphatic heterocycles. The molecule has 0 spiro atoms. The van der Waals surface area contributed by atoms with E-state index >= 15 is 0 Å². The number of nitrogens with zero attached hydrogens (tertiary/aromatic N) is 1. The standard InChI is InChI=1S/C18H30N2O/c1-14-9-10-18(13-19,15(2)11-14)20(3)12-16-5-7-17(21-4)8-6-16/h5-8,14-15H,9-13,19H2,1-4H3. The minimum absolute atomic E-state index is 0.145. The smallest absolute Gasteiger partial charge is 0.118 e. The summed E-state index contributed by atoms with van der Waals surface area (Å²) in [6.45, 7) is 6.42. The van der Waals surface area contributed by atoms with Gasteiger partial charge < -0.3 is 10.5 Å². The first-order valence-electron chi connectivity index (χ1n) is 8.06. The Morgan fingerprint density at radius 3 is 2.48 bits per heavy atom. The molecule has 1 aliphatic rings. The number of nitrogens with two attached hydrogens (primary N) is 1. The lowest BCUT2D eigenvalue weighted by atomic mass is 9.69. The zero-order chi connectivity index (χ0) is 15.5. The van der Waals surface area contributed by atoms with Crippen molar-refractivity contribution in [2.24, 2.45) is 17.6 Å². The third-order valence-electron chi connectivity index (χ3n) is 5.44.